The monoisotopic (exact) mass is 1350 g/mol. The van der Waals surface area contributed by atoms with E-state index in [4.69, 9.17) is 8.83 Å². The van der Waals surface area contributed by atoms with Crippen LogP contribution in [0.5, 0.6) is 0 Å². The topological polar surface area (TPSA) is 316 Å². The minimum absolute atomic E-state index is 0.877. The van der Waals surface area contributed by atoms with Gasteiger partial charge in [-0.25, -0.2) is 24.9 Å². The van der Waals surface area contributed by atoms with Crippen LogP contribution in [0, 0.1) is 104 Å². The zero-order valence-electron chi connectivity index (χ0n) is 62.0. The van der Waals surface area contributed by atoms with Gasteiger partial charge in [0.15, 0.2) is 12.8 Å². The molecule has 0 aliphatic heterocycles. The van der Waals surface area contributed by atoms with E-state index < -0.39 is 0 Å². The molecule has 0 aliphatic rings. The number of aryl methyl sites for hydroxylation is 17. The van der Waals surface area contributed by atoms with Crippen LogP contribution in [0.25, 0.3) is 0 Å². The Bertz CT molecular complexity index is 2700. The molecule has 0 unspecified atom stereocenters. The molecule has 0 aromatic carbocycles. The van der Waals surface area contributed by atoms with Gasteiger partial charge in [-0.3, -0.25) is 14.6 Å². The van der Waals surface area contributed by atoms with Gasteiger partial charge < -0.3 is 8.83 Å². The molecule has 0 saturated heterocycles. The Balaban J connectivity index is -0.000000171. The van der Waals surface area contributed by atoms with Gasteiger partial charge >= 0.3 is 0 Å². The Labute approximate surface area is 569 Å². The van der Waals surface area contributed by atoms with Crippen LogP contribution in [0.2, 0.25) is 0 Å². The summed E-state index contributed by atoms with van der Waals surface area (Å²) < 4.78 is 15.3. The predicted octanol–water partition coefficient (Wildman–Crippen LogP) is 17.2. The van der Waals surface area contributed by atoms with Crippen LogP contribution in [-0.4, -0.2) is 115 Å². The third kappa shape index (κ3) is 66.0. The van der Waals surface area contributed by atoms with Crippen LogP contribution in [0.4, 0.5) is 0 Å². The van der Waals surface area contributed by atoms with E-state index in [1.807, 2.05) is 242 Å². The van der Waals surface area contributed by atoms with Gasteiger partial charge in [0, 0.05) is 54.3 Å². The Kier molecular flexibility index (Phi) is 77.8. The summed E-state index contributed by atoms with van der Waals surface area (Å²) in [6, 6.07) is 9.80. The van der Waals surface area contributed by atoms with Gasteiger partial charge in [-0.2, -0.15) is 65.6 Å². The number of pyridine rings is 2. The Morgan fingerprint density at radius 1 is 0.430 bits per heavy atom. The smallest absolute Gasteiger partial charge is 0.181 e. The van der Waals surface area contributed by atoms with Crippen molar-refractivity contribution in [1.29, 1.82) is 0 Å². The summed E-state index contributed by atoms with van der Waals surface area (Å²) in [5, 5.41) is 44.7. The first-order chi connectivity index (χ1) is 44.8. The van der Waals surface area contributed by atoms with Crippen molar-refractivity contribution < 1.29 is 8.83 Å². The van der Waals surface area contributed by atoms with E-state index in [0.29, 0.717) is 0 Å². The van der Waals surface area contributed by atoms with E-state index in [2.05, 4.69) is 120 Å². The quantitative estimate of drug-likeness (QED) is 0.127. The molecule has 0 radical (unpaired) electrons. The minimum atomic E-state index is 0.877. The molecule has 0 spiro atoms. The second-order valence-electron chi connectivity index (χ2n) is 15.8. The number of oxazole rings is 2. The maximum atomic E-state index is 4.85. The van der Waals surface area contributed by atoms with E-state index >= 15 is 0 Å². The number of aromatic nitrogens is 23. The van der Waals surface area contributed by atoms with Gasteiger partial charge in [0.2, 0.25) is 0 Å². The van der Waals surface area contributed by atoms with Crippen LogP contribution in [0.15, 0.2) is 125 Å². The molecule has 0 bridgehead atoms. The third-order valence-electron chi connectivity index (χ3n) is 8.88. The van der Waals surface area contributed by atoms with Crippen LogP contribution in [-0.2, 0) is 14.1 Å². The lowest BCUT2D eigenvalue weighted by molar-refractivity contribution is 0.525. The van der Waals surface area contributed by atoms with E-state index in [-0.39, 0.29) is 0 Å². The molecule has 12 aromatic rings. The highest BCUT2D eigenvalue weighted by atomic mass is 32.1. The molecule has 28 heteroatoms. The minimum Gasteiger partial charge on any atom is -0.449 e. The van der Waals surface area contributed by atoms with Crippen LogP contribution in [0.1, 0.15) is 180 Å². The van der Waals surface area contributed by atoms with E-state index in [9.17, 15) is 0 Å². The molecular weight excluding hydrogens is 1230 g/mol. The maximum absolute atomic E-state index is 4.85. The van der Waals surface area contributed by atoms with Crippen molar-refractivity contribution in [2.45, 2.75) is 201 Å². The number of thiazole rings is 2. The van der Waals surface area contributed by atoms with Crippen LogP contribution >= 0.6 is 34.2 Å². The first-order valence-corrected chi connectivity index (χ1v) is 33.4. The number of hydrogen-bond donors (Lipinski definition) is 3. The standard InChI is InChI=1S/2C6H7N.2C5H7NO.2C5H7NS.C4H6N2S.5C3H5N3.7C2H6/c1-6-3-2-4-7-5-6;1-6-4-2-3-5-7-6;4*1-4-5(2)7-3-6-4;1-3-5-4(2)7-6-3;1-6-3-2-4-5-6;1-6-4-2-3-5-6;3*1-3-2-4-6-5-3;7*1-2/h2*2-5H,1H3;4*3H,1-2H3;1-2H3;2*2-3H,1H3;3*2H,1H3,(H,4,5,6);7*1-2H3. The normalized spacial score (nSPS) is 8.16. The van der Waals surface area contributed by atoms with Gasteiger partial charge in [0.1, 0.15) is 22.4 Å². The molecule has 12 aromatic heterocycles. The summed E-state index contributed by atoms with van der Waals surface area (Å²) in [6.07, 6.45) is 20.0. The van der Waals surface area contributed by atoms with Crippen molar-refractivity contribution in [1.82, 2.24) is 115 Å². The van der Waals surface area contributed by atoms with Gasteiger partial charge in [-0.1, -0.05) is 114 Å². The molecule has 93 heavy (non-hydrogen) atoms. The van der Waals surface area contributed by atoms with Crippen molar-refractivity contribution in [3.63, 3.8) is 0 Å². The summed E-state index contributed by atoms with van der Waals surface area (Å²) in [7, 11) is 3.60. The number of aromatic amines is 3. The SMILES string of the molecule is CC.CC.CC.CC.CC.CC.CC.Cc1ccccn1.Cc1cccnc1.Cc1cn[nH]n1.Cc1cn[nH]n1.Cc1cn[nH]n1.Cc1ncoc1C.Cc1ncoc1C.Cc1ncsc1C.Cc1ncsc1C.Cc1nsc(C)n1.Cn1ccnn1.Cn1nccn1. The molecule has 12 heterocycles. The molecule has 0 fully saturated rings. The van der Waals surface area contributed by atoms with Gasteiger partial charge in [-0.15, -0.1) is 27.8 Å². The fourth-order valence-corrected chi connectivity index (χ4v) is 5.73. The fraction of sp³-hybridized carbons (Fsp3) is 0.477. The Morgan fingerprint density at radius 3 is 0.968 bits per heavy atom. The lowest BCUT2D eigenvalue weighted by atomic mass is 10.3. The lowest BCUT2D eigenvalue weighted by Crippen LogP contribution is -1.89. The second-order valence-corrected chi connectivity index (χ2v) is 18.8. The first-order valence-electron chi connectivity index (χ1n) is 30.8. The highest BCUT2D eigenvalue weighted by Crippen LogP contribution is 2.09. The van der Waals surface area contributed by atoms with Gasteiger partial charge in [0.25, 0.3) is 0 Å². The zero-order chi connectivity index (χ0) is 72.6. The highest BCUT2D eigenvalue weighted by Gasteiger charge is 1.93. The maximum Gasteiger partial charge on any atom is 0.181 e. The molecule has 25 nitrogen and oxygen atoms in total. The Hall–Kier alpha value is -8.76. The summed E-state index contributed by atoms with van der Waals surface area (Å²) in [5.41, 5.74) is 13.1. The van der Waals surface area contributed by atoms with Crippen molar-refractivity contribution >= 4 is 34.2 Å². The molecule has 12 rings (SSSR count). The van der Waals surface area contributed by atoms with Crippen molar-refractivity contribution in [3.8, 4) is 0 Å². The van der Waals surface area contributed by atoms with E-state index in [1.165, 1.54) is 44.4 Å². The van der Waals surface area contributed by atoms with E-state index in [1.54, 1.807) is 90.2 Å². The second kappa shape index (κ2) is 74.0. The number of nitrogens with zero attached hydrogens (tertiary/aromatic N) is 20. The number of rotatable bonds is 0. The average molecular weight is 1350 g/mol. The third-order valence-corrected chi connectivity index (χ3v) is 11.3. The molecule has 0 amide bonds. The predicted molar refractivity (Wildman–Crippen MR) is 387 cm³/mol. The summed E-state index contributed by atoms with van der Waals surface area (Å²) in [4.78, 5) is 31.8. The molecule has 520 valence electrons. The summed E-state index contributed by atoms with van der Waals surface area (Å²) in [6.45, 7) is 57.3. The van der Waals surface area contributed by atoms with Crippen molar-refractivity contribution in [2.24, 2.45) is 14.1 Å². The average Bonchev–Trinajstić information content (AvgIpc) is 4.59. The lowest BCUT2D eigenvalue weighted by Gasteiger charge is -1.82. The Morgan fingerprint density at radius 2 is 0.860 bits per heavy atom. The van der Waals surface area contributed by atoms with Gasteiger partial charge in [-0.05, 0) is 139 Å². The van der Waals surface area contributed by atoms with Crippen molar-refractivity contribution in [2.75, 3.05) is 0 Å². The number of nitrogens with one attached hydrogen (secondary N) is 3. The zero-order valence-corrected chi connectivity index (χ0v) is 64.4. The number of hydrogen-bond acceptors (Lipinski definition) is 23. The molecule has 0 saturated carbocycles. The van der Waals surface area contributed by atoms with Crippen molar-refractivity contribution in [3.05, 3.63) is 199 Å². The van der Waals surface area contributed by atoms with Crippen LogP contribution in [0.3, 0.4) is 0 Å². The van der Waals surface area contributed by atoms with Crippen LogP contribution < -0.4 is 0 Å². The molecular formula is C65H115N23O2S3. The van der Waals surface area contributed by atoms with Gasteiger partial charge in [0.05, 0.1) is 88.1 Å². The summed E-state index contributed by atoms with van der Waals surface area (Å²) in [5.74, 6) is 2.68. The molecule has 0 atom stereocenters. The largest absolute Gasteiger partial charge is 0.449 e. The first kappa shape index (κ1) is 97.8. The fourth-order valence-electron chi connectivity index (χ4n) is 4.07. The number of H-pyrrole nitrogens is 3. The molecule has 3 N–H and O–H groups in total. The van der Waals surface area contributed by atoms with E-state index in [0.717, 1.165) is 67.9 Å². The summed E-state index contributed by atoms with van der Waals surface area (Å²) >= 11 is 4.83. The molecule has 0 aliphatic carbocycles. The highest BCUT2D eigenvalue weighted by molar-refractivity contribution is 7.09.